The second-order valence-electron chi connectivity index (χ2n) is 6.28. The molecule has 2 aromatic carbocycles. The molecule has 1 N–H and O–H groups in total. The summed E-state index contributed by atoms with van der Waals surface area (Å²) < 4.78 is 25.3. The summed E-state index contributed by atoms with van der Waals surface area (Å²) in [6.07, 6.45) is 0. The Balaban J connectivity index is 1.83. The molecule has 1 aliphatic rings. The maximum absolute atomic E-state index is 12.6. The van der Waals surface area contributed by atoms with E-state index >= 15 is 0 Å². The van der Waals surface area contributed by atoms with Gasteiger partial charge in [0.25, 0.3) is 5.91 Å². The zero-order valence-electron chi connectivity index (χ0n) is 15.5. The molecular formula is C18H19N5O4S. The first-order valence-corrected chi connectivity index (χ1v) is 9.76. The molecule has 3 rings (SSSR count). The van der Waals surface area contributed by atoms with Crippen LogP contribution in [0.25, 0.3) is 0 Å². The molecule has 1 aliphatic heterocycles. The van der Waals surface area contributed by atoms with Crippen molar-refractivity contribution >= 4 is 33.0 Å². The molecule has 0 fully saturated rings. The van der Waals surface area contributed by atoms with E-state index in [1.165, 1.54) is 31.2 Å². The van der Waals surface area contributed by atoms with Crippen molar-refractivity contribution in [3.8, 4) is 5.75 Å². The van der Waals surface area contributed by atoms with Gasteiger partial charge in [-0.2, -0.15) is 20.3 Å². The molecule has 10 heteroatoms. The number of benzene rings is 2. The lowest BCUT2D eigenvalue weighted by Gasteiger charge is -2.12. The summed E-state index contributed by atoms with van der Waals surface area (Å²) in [6.45, 7) is 1.66. The van der Waals surface area contributed by atoms with E-state index in [1.54, 1.807) is 31.2 Å². The smallest absolute Gasteiger partial charge is 0.280 e. The average molecular weight is 401 g/mol. The molecular weight excluding hydrogens is 382 g/mol. The van der Waals surface area contributed by atoms with E-state index in [9.17, 15) is 18.3 Å². The van der Waals surface area contributed by atoms with Crippen molar-refractivity contribution in [2.45, 2.75) is 17.9 Å². The highest BCUT2D eigenvalue weighted by atomic mass is 32.2. The third kappa shape index (κ3) is 3.64. The maximum atomic E-state index is 12.6. The van der Waals surface area contributed by atoms with E-state index in [0.29, 0.717) is 11.4 Å². The number of hydrazone groups is 1. The summed E-state index contributed by atoms with van der Waals surface area (Å²) >= 11 is 0. The number of carbonyl (C=O) groups excluding carboxylic acids is 1. The third-order valence-corrected chi connectivity index (χ3v) is 5.91. The molecule has 2 aromatic rings. The number of para-hydroxylation sites is 1. The highest BCUT2D eigenvalue weighted by Gasteiger charge is 2.34. The van der Waals surface area contributed by atoms with Crippen molar-refractivity contribution in [3.63, 3.8) is 0 Å². The molecule has 0 saturated carbocycles. The topological polar surface area (TPSA) is 115 Å². The molecule has 1 unspecified atom stereocenters. The number of nitrogens with zero attached hydrogens (tertiary/aromatic N) is 5. The van der Waals surface area contributed by atoms with Gasteiger partial charge in [0.15, 0.2) is 6.04 Å². The molecule has 1 amide bonds. The Morgan fingerprint density at radius 3 is 2.43 bits per heavy atom. The van der Waals surface area contributed by atoms with E-state index < -0.39 is 16.1 Å². The number of sulfonamides is 1. The van der Waals surface area contributed by atoms with Crippen LogP contribution in [0.1, 0.15) is 6.92 Å². The van der Waals surface area contributed by atoms with Gasteiger partial charge in [-0.3, -0.25) is 4.79 Å². The number of anilines is 1. The predicted molar refractivity (Wildman–Crippen MR) is 104 cm³/mol. The van der Waals surface area contributed by atoms with Gasteiger partial charge in [-0.05, 0) is 31.2 Å². The van der Waals surface area contributed by atoms with Crippen molar-refractivity contribution < 1.29 is 18.3 Å². The lowest BCUT2D eigenvalue weighted by Crippen LogP contribution is -2.29. The van der Waals surface area contributed by atoms with Crippen molar-refractivity contribution in [2.24, 2.45) is 15.3 Å². The van der Waals surface area contributed by atoms with Crippen molar-refractivity contribution in [1.29, 1.82) is 0 Å². The first-order chi connectivity index (χ1) is 13.2. The highest BCUT2D eigenvalue weighted by Crippen LogP contribution is 2.31. The standard InChI is InChI=1S/C18H19N5O4S/c1-12-17(18(25)23(21-12)13-7-5-4-6-8-13)20-19-15-10-9-14(11-16(15)24)28(26,27)22(2)3/h4-11,17,24H,1-3H3. The van der Waals surface area contributed by atoms with E-state index in [2.05, 4.69) is 15.3 Å². The molecule has 0 aliphatic carbocycles. The average Bonchev–Trinajstić information content (AvgIpc) is 2.95. The second-order valence-corrected chi connectivity index (χ2v) is 8.43. The molecule has 28 heavy (non-hydrogen) atoms. The largest absolute Gasteiger partial charge is 0.506 e. The first kappa shape index (κ1) is 19.6. The van der Waals surface area contributed by atoms with Gasteiger partial charge in [-0.25, -0.2) is 12.7 Å². The summed E-state index contributed by atoms with van der Waals surface area (Å²) in [7, 11) is -0.891. The number of amides is 1. The summed E-state index contributed by atoms with van der Waals surface area (Å²) in [5.74, 6) is -0.717. The fraction of sp³-hybridized carbons (Fsp3) is 0.222. The van der Waals surface area contributed by atoms with Crippen LogP contribution in [-0.4, -0.2) is 49.6 Å². The Bertz CT molecular complexity index is 1060. The van der Waals surface area contributed by atoms with Crippen LogP contribution in [0.5, 0.6) is 5.75 Å². The molecule has 9 nitrogen and oxygen atoms in total. The normalized spacial score (nSPS) is 17.6. The van der Waals surface area contributed by atoms with Crippen LogP contribution in [0, 0.1) is 0 Å². The molecule has 0 saturated heterocycles. The van der Waals surface area contributed by atoms with Gasteiger partial charge in [0.05, 0.1) is 16.3 Å². The Labute approximate surface area is 162 Å². The lowest BCUT2D eigenvalue weighted by molar-refractivity contribution is -0.117. The predicted octanol–water partition coefficient (Wildman–Crippen LogP) is 2.52. The summed E-state index contributed by atoms with van der Waals surface area (Å²) in [5.41, 5.74) is 1.13. The first-order valence-electron chi connectivity index (χ1n) is 8.32. The van der Waals surface area contributed by atoms with Crippen molar-refractivity contribution in [2.75, 3.05) is 19.1 Å². The Morgan fingerprint density at radius 1 is 1.14 bits per heavy atom. The number of hydrogen-bond donors (Lipinski definition) is 1. The van der Waals surface area contributed by atoms with Gasteiger partial charge in [-0.1, -0.05) is 18.2 Å². The van der Waals surface area contributed by atoms with Gasteiger partial charge in [-0.15, -0.1) is 0 Å². The highest BCUT2D eigenvalue weighted by molar-refractivity contribution is 7.89. The minimum atomic E-state index is -3.68. The molecule has 0 bridgehead atoms. The Kier molecular flexibility index (Phi) is 5.25. The maximum Gasteiger partial charge on any atom is 0.280 e. The lowest BCUT2D eigenvalue weighted by atomic mass is 10.2. The molecule has 1 heterocycles. The number of phenols is 1. The van der Waals surface area contributed by atoms with Gasteiger partial charge in [0.1, 0.15) is 11.4 Å². The monoisotopic (exact) mass is 401 g/mol. The summed E-state index contributed by atoms with van der Waals surface area (Å²) in [6, 6.07) is 11.8. The number of aromatic hydroxyl groups is 1. The number of hydrogen-bond acceptors (Lipinski definition) is 7. The van der Waals surface area contributed by atoms with Crippen LogP contribution in [0.4, 0.5) is 11.4 Å². The van der Waals surface area contributed by atoms with Gasteiger partial charge in [0.2, 0.25) is 10.0 Å². The van der Waals surface area contributed by atoms with Crippen LogP contribution in [0.2, 0.25) is 0 Å². The molecule has 0 aromatic heterocycles. The zero-order valence-corrected chi connectivity index (χ0v) is 16.3. The third-order valence-electron chi connectivity index (χ3n) is 4.10. The Morgan fingerprint density at radius 2 is 1.82 bits per heavy atom. The number of carbonyl (C=O) groups is 1. The van der Waals surface area contributed by atoms with E-state index in [0.717, 1.165) is 10.4 Å². The fourth-order valence-electron chi connectivity index (χ4n) is 2.52. The van der Waals surface area contributed by atoms with Crippen molar-refractivity contribution in [3.05, 3.63) is 48.5 Å². The van der Waals surface area contributed by atoms with Crippen LogP contribution in [0.3, 0.4) is 0 Å². The summed E-state index contributed by atoms with van der Waals surface area (Å²) in [4.78, 5) is 12.5. The van der Waals surface area contributed by atoms with E-state index in [1.807, 2.05) is 6.07 Å². The second kappa shape index (κ2) is 7.49. The van der Waals surface area contributed by atoms with Gasteiger partial charge >= 0.3 is 0 Å². The van der Waals surface area contributed by atoms with Crippen LogP contribution >= 0.6 is 0 Å². The van der Waals surface area contributed by atoms with E-state index in [4.69, 9.17) is 0 Å². The summed E-state index contributed by atoms with van der Waals surface area (Å²) in [5, 5.41) is 23.5. The fourth-order valence-corrected chi connectivity index (χ4v) is 3.44. The molecule has 1 atom stereocenters. The minimum absolute atomic E-state index is 0.0523. The minimum Gasteiger partial charge on any atom is -0.506 e. The number of azo groups is 1. The number of rotatable bonds is 5. The van der Waals surface area contributed by atoms with Gasteiger partial charge in [0, 0.05) is 20.2 Å². The van der Waals surface area contributed by atoms with Gasteiger partial charge < -0.3 is 5.11 Å². The van der Waals surface area contributed by atoms with Crippen LogP contribution in [-0.2, 0) is 14.8 Å². The Hall–Kier alpha value is -3.11. The van der Waals surface area contributed by atoms with E-state index in [-0.39, 0.29) is 22.2 Å². The molecule has 146 valence electrons. The quantitative estimate of drug-likeness (QED) is 0.775. The molecule has 0 radical (unpaired) electrons. The van der Waals surface area contributed by atoms with Crippen LogP contribution < -0.4 is 5.01 Å². The SMILES string of the molecule is CC1=NN(c2ccccc2)C(=O)C1N=Nc1ccc(S(=O)(=O)N(C)C)cc1O. The number of phenolic OH excluding ortho intramolecular Hbond substituents is 1. The van der Waals surface area contributed by atoms with Crippen molar-refractivity contribution in [1.82, 2.24) is 4.31 Å². The van der Waals surface area contributed by atoms with Crippen LogP contribution in [0.15, 0.2) is 68.8 Å². The molecule has 0 spiro atoms. The zero-order chi connectivity index (χ0) is 20.5.